The van der Waals surface area contributed by atoms with Crippen LogP contribution in [-0.4, -0.2) is 26.4 Å². The van der Waals surface area contributed by atoms with Gasteiger partial charge in [0, 0.05) is 27.5 Å². The van der Waals surface area contributed by atoms with Gasteiger partial charge in [-0.1, -0.05) is 59.8 Å². The Kier molecular flexibility index (Phi) is 5.35. The van der Waals surface area contributed by atoms with Crippen LogP contribution in [0.1, 0.15) is 28.1 Å². The van der Waals surface area contributed by atoms with Gasteiger partial charge in [0.15, 0.2) is 5.17 Å². The number of fused-ring (bicyclic) bond motifs is 1. The average Bonchev–Trinajstić information content (AvgIpc) is 3.34. The summed E-state index contributed by atoms with van der Waals surface area (Å²) in [6.45, 7) is 5.99. The number of carbonyl (C=O) groups excluding carboxylic acids is 1. The van der Waals surface area contributed by atoms with E-state index < -0.39 is 5.91 Å². The molecule has 1 N–H and O–H groups in total. The Morgan fingerprint density at radius 2 is 1.82 bits per heavy atom. The van der Waals surface area contributed by atoms with Crippen LogP contribution in [0.4, 0.5) is 0 Å². The molecule has 0 spiro atoms. The molecule has 7 heteroatoms. The van der Waals surface area contributed by atoms with Crippen molar-refractivity contribution in [3.63, 3.8) is 0 Å². The third-order valence-electron chi connectivity index (χ3n) is 5.87. The average molecular weight is 473 g/mol. The van der Waals surface area contributed by atoms with Gasteiger partial charge in [-0.15, -0.1) is 0 Å². The zero-order valence-corrected chi connectivity index (χ0v) is 20.0. The number of thioether (sulfide) groups is 1. The third-order valence-corrected chi connectivity index (χ3v) is 7.10. The van der Waals surface area contributed by atoms with E-state index in [0.29, 0.717) is 10.2 Å². The minimum atomic E-state index is -0.398. The first kappa shape index (κ1) is 21.5. The molecule has 0 saturated carbocycles. The smallest absolute Gasteiger partial charge is 0.283 e. The molecule has 3 aromatic rings. The van der Waals surface area contributed by atoms with Gasteiger partial charge in [0.25, 0.3) is 5.91 Å². The first-order valence-electron chi connectivity index (χ1n) is 10.5. The van der Waals surface area contributed by atoms with Gasteiger partial charge in [-0.05, 0) is 61.7 Å². The number of hydrogen-bond donors (Lipinski definition) is 1. The van der Waals surface area contributed by atoms with Crippen molar-refractivity contribution in [1.82, 2.24) is 9.47 Å². The highest BCUT2D eigenvalue weighted by molar-refractivity contribution is 8.17. The quantitative estimate of drug-likeness (QED) is 0.451. The molecule has 5 nitrogen and oxygen atoms in total. The minimum Gasteiger partial charge on any atom is -0.318 e. The highest BCUT2D eigenvalue weighted by Crippen LogP contribution is 2.37. The summed E-state index contributed by atoms with van der Waals surface area (Å²) >= 11 is 7.72. The van der Waals surface area contributed by atoms with Gasteiger partial charge in [-0.2, -0.15) is 4.99 Å². The molecule has 1 aromatic heterocycles. The van der Waals surface area contributed by atoms with Crippen LogP contribution in [-0.2, 0) is 4.79 Å². The normalized spacial score (nSPS) is 16.8. The number of rotatable bonds is 3. The van der Waals surface area contributed by atoms with Gasteiger partial charge in [0.05, 0.1) is 11.3 Å². The summed E-state index contributed by atoms with van der Waals surface area (Å²) < 4.78 is 2.10. The Morgan fingerprint density at radius 1 is 1.06 bits per heavy atom. The molecule has 5 rings (SSSR count). The maximum absolute atomic E-state index is 12.9. The molecular formula is C26H21ClN4OS. The molecule has 3 heterocycles. The molecule has 1 amide bonds. The number of amides is 1. The third kappa shape index (κ3) is 3.65. The molecule has 0 aliphatic carbocycles. The molecule has 0 bridgehead atoms. The topological polar surface area (TPSA) is 61.5 Å². The Morgan fingerprint density at radius 3 is 2.55 bits per heavy atom. The van der Waals surface area contributed by atoms with Crippen molar-refractivity contribution in [3.8, 4) is 5.69 Å². The van der Waals surface area contributed by atoms with Crippen LogP contribution < -0.4 is 0 Å². The standard InChI is InChI=1S/C26H21ClN4OS/c1-15-9-10-20(13-22(15)27)30-16(2)11-19(17(30)3)12-21-24(28)31-23(18-7-5-4-6-8-18)14-33-26(31)29-25(21)32/h4-14,28H,1-3H3. The lowest BCUT2D eigenvalue weighted by Crippen LogP contribution is -2.38. The summed E-state index contributed by atoms with van der Waals surface area (Å²) in [5.74, 6) is -0.266. The van der Waals surface area contributed by atoms with E-state index >= 15 is 0 Å². The molecule has 0 fully saturated rings. The molecule has 33 heavy (non-hydrogen) atoms. The zero-order valence-electron chi connectivity index (χ0n) is 18.4. The number of carbonyl (C=O) groups is 1. The lowest BCUT2D eigenvalue weighted by Gasteiger charge is -2.26. The maximum Gasteiger partial charge on any atom is 0.283 e. The first-order chi connectivity index (χ1) is 15.8. The van der Waals surface area contributed by atoms with Crippen LogP contribution in [0.2, 0.25) is 5.02 Å². The fourth-order valence-electron chi connectivity index (χ4n) is 4.12. The number of aryl methyl sites for hydroxylation is 2. The molecule has 2 aliphatic rings. The van der Waals surface area contributed by atoms with E-state index in [1.165, 1.54) is 11.8 Å². The predicted octanol–water partition coefficient (Wildman–Crippen LogP) is 6.36. The number of benzene rings is 2. The Labute approximate surface area is 201 Å². The van der Waals surface area contributed by atoms with E-state index in [1.54, 1.807) is 11.0 Å². The van der Waals surface area contributed by atoms with Crippen molar-refractivity contribution >= 4 is 52.0 Å². The molecule has 0 atom stereocenters. The number of halogens is 1. The van der Waals surface area contributed by atoms with Crippen molar-refractivity contribution in [2.24, 2.45) is 4.99 Å². The van der Waals surface area contributed by atoms with E-state index in [2.05, 4.69) is 9.56 Å². The van der Waals surface area contributed by atoms with Crippen LogP contribution >= 0.6 is 23.4 Å². The lowest BCUT2D eigenvalue weighted by atomic mass is 10.1. The fraction of sp³-hybridized carbons (Fsp3) is 0.115. The maximum atomic E-state index is 12.9. The van der Waals surface area contributed by atoms with E-state index in [-0.39, 0.29) is 11.4 Å². The van der Waals surface area contributed by atoms with Crippen molar-refractivity contribution in [2.75, 3.05) is 0 Å². The zero-order chi connectivity index (χ0) is 23.3. The molecule has 2 aliphatic heterocycles. The van der Waals surface area contributed by atoms with Crippen LogP contribution in [0.3, 0.4) is 0 Å². The van der Waals surface area contributed by atoms with Crippen molar-refractivity contribution in [3.05, 3.63) is 98.7 Å². The first-order valence-corrected chi connectivity index (χ1v) is 11.7. The number of nitrogens with one attached hydrogen (secondary N) is 1. The van der Waals surface area contributed by atoms with E-state index in [9.17, 15) is 4.79 Å². The number of hydrogen-bond acceptors (Lipinski definition) is 3. The second-order valence-electron chi connectivity index (χ2n) is 8.02. The highest BCUT2D eigenvalue weighted by Gasteiger charge is 2.36. The molecular weight excluding hydrogens is 452 g/mol. The number of nitrogens with zero attached hydrogens (tertiary/aromatic N) is 3. The molecule has 164 valence electrons. The van der Waals surface area contributed by atoms with Gasteiger partial charge in [0.1, 0.15) is 5.84 Å². The van der Waals surface area contributed by atoms with E-state index in [1.807, 2.05) is 80.8 Å². The summed E-state index contributed by atoms with van der Waals surface area (Å²) in [4.78, 5) is 18.9. The summed E-state index contributed by atoms with van der Waals surface area (Å²) in [6.07, 6.45) is 1.77. The summed E-state index contributed by atoms with van der Waals surface area (Å²) in [6, 6.07) is 17.8. The monoisotopic (exact) mass is 472 g/mol. The fourth-order valence-corrected chi connectivity index (χ4v) is 5.19. The number of aromatic nitrogens is 1. The molecule has 0 unspecified atom stereocenters. The predicted molar refractivity (Wildman–Crippen MR) is 137 cm³/mol. The summed E-state index contributed by atoms with van der Waals surface area (Å²) in [5, 5.41) is 12.0. The number of amidine groups is 2. The van der Waals surface area contributed by atoms with Crippen molar-refractivity contribution in [1.29, 1.82) is 5.41 Å². The summed E-state index contributed by atoms with van der Waals surface area (Å²) in [5.41, 5.74) is 6.92. The Balaban J connectivity index is 1.55. The van der Waals surface area contributed by atoms with Gasteiger partial charge in [-0.3, -0.25) is 15.1 Å². The largest absolute Gasteiger partial charge is 0.318 e. The van der Waals surface area contributed by atoms with Crippen molar-refractivity contribution < 1.29 is 4.79 Å². The highest BCUT2D eigenvalue weighted by atomic mass is 35.5. The van der Waals surface area contributed by atoms with Crippen LogP contribution in [0.15, 0.2) is 70.6 Å². The second kappa shape index (κ2) is 8.21. The number of aliphatic imine (C=N–C) groups is 1. The lowest BCUT2D eigenvalue weighted by molar-refractivity contribution is -0.114. The molecule has 2 aromatic carbocycles. The van der Waals surface area contributed by atoms with Gasteiger partial charge >= 0.3 is 0 Å². The van der Waals surface area contributed by atoms with E-state index in [0.717, 1.165) is 39.5 Å². The minimum absolute atomic E-state index is 0.133. The Hall–Kier alpha value is -3.35. The molecule has 0 radical (unpaired) electrons. The van der Waals surface area contributed by atoms with Crippen molar-refractivity contribution in [2.45, 2.75) is 20.8 Å². The van der Waals surface area contributed by atoms with Crippen LogP contribution in [0.5, 0.6) is 0 Å². The van der Waals surface area contributed by atoms with Gasteiger partial charge in [-0.25, -0.2) is 0 Å². The summed E-state index contributed by atoms with van der Waals surface area (Å²) in [7, 11) is 0. The second-order valence-corrected chi connectivity index (χ2v) is 9.27. The van der Waals surface area contributed by atoms with Gasteiger partial charge in [0.2, 0.25) is 0 Å². The Bertz CT molecular complexity index is 1420. The van der Waals surface area contributed by atoms with Crippen LogP contribution in [0.25, 0.3) is 17.5 Å². The molecule has 0 saturated heterocycles. The van der Waals surface area contributed by atoms with E-state index in [4.69, 9.17) is 17.0 Å². The van der Waals surface area contributed by atoms with Crippen LogP contribution in [0, 0.1) is 26.2 Å². The van der Waals surface area contributed by atoms with Gasteiger partial charge < -0.3 is 4.57 Å². The SMILES string of the molecule is Cc1ccc(-n2c(C)cc(C=C3C(=N)N4C(c5ccccc5)=CSC4=NC3=O)c2C)cc1Cl.